The summed E-state index contributed by atoms with van der Waals surface area (Å²) in [5.41, 5.74) is 2.19. The number of rotatable bonds is 3. The van der Waals surface area contributed by atoms with Crippen LogP contribution in [0.15, 0.2) is 65.2 Å². The molecule has 0 aliphatic carbocycles. The minimum absolute atomic E-state index is 0.156. The van der Waals surface area contributed by atoms with Crippen LogP contribution >= 0.6 is 12.6 Å². The van der Waals surface area contributed by atoms with Gasteiger partial charge >= 0.3 is 0 Å². The van der Waals surface area contributed by atoms with E-state index in [4.69, 9.17) is 5.41 Å². The molecule has 0 radical (unpaired) electrons. The summed E-state index contributed by atoms with van der Waals surface area (Å²) < 4.78 is 0. The van der Waals surface area contributed by atoms with Gasteiger partial charge in [-0.3, -0.25) is 20.0 Å². The number of likely N-dealkylation sites (N-methyl/N-ethyl adjacent to an activating group) is 1. The van der Waals surface area contributed by atoms with Gasteiger partial charge in [-0.1, -0.05) is 30.3 Å². The summed E-state index contributed by atoms with van der Waals surface area (Å²) >= 11 is 4.28. The van der Waals surface area contributed by atoms with Crippen LogP contribution in [0.25, 0.3) is 6.08 Å². The number of para-hydroxylation sites is 1. The van der Waals surface area contributed by atoms with Gasteiger partial charge < -0.3 is 0 Å². The zero-order valence-corrected chi connectivity index (χ0v) is 13.6. The summed E-state index contributed by atoms with van der Waals surface area (Å²) in [5.74, 6) is 0.0251. The number of hydrogen-bond donors (Lipinski definition) is 2. The van der Waals surface area contributed by atoms with Gasteiger partial charge in [-0.15, -0.1) is 12.6 Å². The highest BCUT2D eigenvalue weighted by molar-refractivity contribution is 7.80. The predicted octanol–water partition coefficient (Wildman–Crippen LogP) is 3.62. The second-order valence-electron chi connectivity index (χ2n) is 5.17. The molecule has 23 heavy (non-hydrogen) atoms. The number of hydrogen-bond acceptors (Lipinski definition) is 3. The Labute approximate surface area is 141 Å². The maximum Gasteiger partial charge on any atom is 0.277 e. The highest BCUT2D eigenvalue weighted by Gasteiger charge is 2.38. The van der Waals surface area contributed by atoms with Gasteiger partial charge in [0, 0.05) is 17.1 Å². The van der Waals surface area contributed by atoms with Crippen molar-refractivity contribution in [3.8, 4) is 0 Å². The zero-order valence-electron chi connectivity index (χ0n) is 12.7. The van der Waals surface area contributed by atoms with Crippen molar-refractivity contribution in [1.82, 2.24) is 4.90 Å². The van der Waals surface area contributed by atoms with Gasteiger partial charge in [0.05, 0.1) is 0 Å². The SMILES string of the molecule is CCN1C(=N)N(c2ccccc2)/C(=C/c2ccc(S)cc2)C1=O. The van der Waals surface area contributed by atoms with Gasteiger partial charge in [0.15, 0.2) is 0 Å². The van der Waals surface area contributed by atoms with Crippen molar-refractivity contribution in [3.63, 3.8) is 0 Å². The molecule has 1 amide bonds. The first-order valence-corrected chi connectivity index (χ1v) is 7.83. The molecule has 0 atom stereocenters. The molecule has 1 aliphatic heterocycles. The first-order chi connectivity index (χ1) is 11.1. The average Bonchev–Trinajstić information content (AvgIpc) is 2.80. The largest absolute Gasteiger partial charge is 0.277 e. The number of amides is 1. The standard InChI is InChI=1S/C18H17N3OS/c1-2-20-17(22)16(12-13-8-10-15(23)11-9-13)21(18(20)19)14-6-4-3-5-7-14/h3-12,19,23H,2H2,1H3/b16-12+,19-18?. The van der Waals surface area contributed by atoms with Crippen LogP contribution in [0.2, 0.25) is 0 Å². The topological polar surface area (TPSA) is 47.4 Å². The van der Waals surface area contributed by atoms with Crippen LogP contribution in [-0.4, -0.2) is 23.3 Å². The molecule has 0 unspecified atom stereocenters. The van der Waals surface area contributed by atoms with E-state index < -0.39 is 0 Å². The molecule has 1 heterocycles. The van der Waals surface area contributed by atoms with Gasteiger partial charge in [-0.05, 0) is 42.8 Å². The molecule has 0 bridgehead atoms. The fourth-order valence-electron chi connectivity index (χ4n) is 2.55. The summed E-state index contributed by atoms with van der Waals surface area (Å²) in [6, 6.07) is 17.1. The normalized spacial score (nSPS) is 16.5. The van der Waals surface area contributed by atoms with Crippen LogP contribution in [0.1, 0.15) is 12.5 Å². The molecule has 116 valence electrons. The van der Waals surface area contributed by atoms with E-state index in [1.807, 2.05) is 67.6 Å². The second-order valence-corrected chi connectivity index (χ2v) is 5.68. The first-order valence-electron chi connectivity index (χ1n) is 7.38. The van der Waals surface area contributed by atoms with Crippen molar-refractivity contribution in [2.24, 2.45) is 0 Å². The summed E-state index contributed by atoms with van der Waals surface area (Å²) in [5, 5.41) is 8.34. The van der Waals surface area contributed by atoms with Crippen molar-refractivity contribution in [1.29, 1.82) is 5.41 Å². The Bertz CT molecular complexity index is 769. The van der Waals surface area contributed by atoms with Crippen LogP contribution < -0.4 is 4.90 Å². The van der Waals surface area contributed by atoms with E-state index in [-0.39, 0.29) is 11.9 Å². The van der Waals surface area contributed by atoms with Crippen LogP contribution in [0.5, 0.6) is 0 Å². The lowest BCUT2D eigenvalue weighted by Gasteiger charge is -2.19. The van der Waals surface area contributed by atoms with E-state index in [2.05, 4.69) is 12.6 Å². The second kappa shape index (κ2) is 6.30. The number of nitrogens with one attached hydrogen (secondary N) is 1. The molecule has 0 spiro atoms. The Balaban J connectivity index is 2.08. The van der Waals surface area contributed by atoms with Gasteiger partial charge in [-0.2, -0.15) is 0 Å². The molecule has 1 fully saturated rings. The van der Waals surface area contributed by atoms with Crippen LogP contribution in [0.4, 0.5) is 5.69 Å². The van der Waals surface area contributed by atoms with Gasteiger partial charge in [0.2, 0.25) is 5.96 Å². The third-order valence-corrected chi connectivity index (χ3v) is 4.00. The van der Waals surface area contributed by atoms with Crippen molar-refractivity contribution in [2.45, 2.75) is 11.8 Å². The molecule has 5 heteroatoms. The van der Waals surface area contributed by atoms with Gasteiger partial charge in [0.1, 0.15) is 5.70 Å². The smallest absolute Gasteiger partial charge is 0.277 e. The predicted molar refractivity (Wildman–Crippen MR) is 95.7 cm³/mol. The molecular formula is C18H17N3OS. The van der Waals surface area contributed by atoms with Crippen LogP contribution in [0.3, 0.4) is 0 Å². The zero-order chi connectivity index (χ0) is 16.4. The molecule has 1 aliphatic rings. The van der Waals surface area contributed by atoms with E-state index in [0.29, 0.717) is 12.2 Å². The maximum absolute atomic E-state index is 12.7. The Kier molecular flexibility index (Phi) is 4.21. The molecule has 0 aromatic heterocycles. The fourth-order valence-corrected chi connectivity index (χ4v) is 2.70. The number of guanidine groups is 1. The molecule has 1 N–H and O–H groups in total. The Morgan fingerprint density at radius 2 is 1.74 bits per heavy atom. The van der Waals surface area contributed by atoms with E-state index in [1.165, 1.54) is 4.90 Å². The molecule has 4 nitrogen and oxygen atoms in total. The summed E-state index contributed by atoms with van der Waals surface area (Å²) in [6.45, 7) is 2.34. The maximum atomic E-state index is 12.7. The number of benzene rings is 2. The minimum Gasteiger partial charge on any atom is -0.277 e. The van der Waals surface area contributed by atoms with Crippen molar-refractivity contribution in [2.75, 3.05) is 11.4 Å². The van der Waals surface area contributed by atoms with Crippen LogP contribution in [0, 0.1) is 5.41 Å². The molecule has 2 aromatic rings. The Morgan fingerprint density at radius 1 is 1.09 bits per heavy atom. The van der Waals surface area contributed by atoms with E-state index in [9.17, 15) is 4.79 Å². The summed E-state index contributed by atoms with van der Waals surface area (Å²) in [7, 11) is 0. The Morgan fingerprint density at radius 3 is 2.35 bits per heavy atom. The molecule has 1 saturated heterocycles. The average molecular weight is 323 g/mol. The molecule has 3 rings (SSSR count). The highest BCUT2D eigenvalue weighted by Crippen LogP contribution is 2.29. The van der Waals surface area contributed by atoms with Crippen molar-refractivity contribution in [3.05, 3.63) is 65.9 Å². The fraction of sp³-hybridized carbons (Fsp3) is 0.111. The lowest BCUT2D eigenvalue weighted by molar-refractivity contribution is -0.122. The van der Waals surface area contributed by atoms with Crippen LogP contribution in [-0.2, 0) is 4.79 Å². The number of thiol groups is 1. The number of carbonyl (C=O) groups excluding carboxylic acids is 1. The van der Waals surface area contributed by atoms with E-state index >= 15 is 0 Å². The van der Waals surface area contributed by atoms with Crippen molar-refractivity contribution < 1.29 is 4.79 Å². The van der Waals surface area contributed by atoms with E-state index in [1.54, 1.807) is 4.90 Å². The minimum atomic E-state index is -0.156. The lowest BCUT2D eigenvalue weighted by Crippen LogP contribution is -2.33. The molecule has 2 aromatic carbocycles. The van der Waals surface area contributed by atoms with Crippen molar-refractivity contribution >= 4 is 36.3 Å². The summed E-state index contributed by atoms with van der Waals surface area (Å²) in [6.07, 6.45) is 1.81. The third-order valence-electron chi connectivity index (χ3n) is 3.70. The number of nitrogens with zero attached hydrogens (tertiary/aromatic N) is 2. The third kappa shape index (κ3) is 2.87. The summed E-state index contributed by atoms with van der Waals surface area (Å²) in [4.78, 5) is 16.7. The first kappa shape index (κ1) is 15.4. The quantitative estimate of drug-likeness (QED) is 0.669. The highest BCUT2D eigenvalue weighted by atomic mass is 32.1. The number of carbonyl (C=O) groups is 1. The molecule has 0 saturated carbocycles. The monoisotopic (exact) mass is 323 g/mol. The lowest BCUT2D eigenvalue weighted by atomic mass is 10.1. The van der Waals surface area contributed by atoms with Gasteiger partial charge in [-0.25, -0.2) is 0 Å². The van der Waals surface area contributed by atoms with Gasteiger partial charge in [0.25, 0.3) is 5.91 Å². The van der Waals surface area contributed by atoms with E-state index in [0.717, 1.165) is 16.1 Å². The number of anilines is 1. The Hall–Kier alpha value is -2.53. The molecular weight excluding hydrogens is 306 g/mol.